The van der Waals surface area contributed by atoms with E-state index in [-0.39, 0.29) is 5.41 Å². The number of anilines is 2. The Labute approximate surface area is 183 Å². The second-order valence-electron chi connectivity index (χ2n) is 9.33. The molecule has 0 aliphatic rings. The van der Waals surface area contributed by atoms with E-state index in [0.29, 0.717) is 11.5 Å². The summed E-state index contributed by atoms with van der Waals surface area (Å²) in [6.07, 6.45) is 0. The van der Waals surface area contributed by atoms with Gasteiger partial charge in [0.1, 0.15) is 0 Å². The summed E-state index contributed by atoms with van der Waals surface area (Å²) in [5.41, 5.74) is 14.3. The van der Waals surface area contributed by atoms with E-state index in [1.165, 1.54) is 0 Å². The highest BCUT2D eigenvalue weighted by molar-refractivity contribution is 7.99. The molecule has 29 heavy (non-hydrogen) atoms. The number of nitrogen functional groups attached to an aromatic ring is 2. The third-order valence-corrected chi connectivity index (χ3v) is 7.66. The first-order valence-corrected chi connectivity index (χ1v) is 11.7. The molecule has 0 unspecified atom stereocenters. The van der Waals surface area contributed by atoms with Crippen LogP contribution in [0.5, 0.6) is 0 Å². The lowest BCUT2D eigenvalue weighted by molar-refractivity contribution is 0.106. The summed E-state index contributed by atoms with van der Waals surface area (Å²) in [7, 11) is 0. The number of thioether (sulfide) groups is 2. The Hall–Kier alpha value is -1.34. The van der Waals surface area contributed by atoms with Gasteiger partial charge in [0.25, 0.3) is 0 Å². The van der Waals surface area contributed by atoms with Crippen LogP contribution in [-0.2, 0) is 5.41 Å². The van der Waals surface area contributed by atoms with Crippen molar-refractivity contribution < 1.29 is 10.2 Å². The van der Waals surface area contributed by atoms with Crippen molar-refractivity contribution in [1.82, 2.24) is 0 Å². The van der Waals surface area contributed by atoms with Crippen molar-refractivity contribution in [3.05, 3.63) is 47.5 Å². The highest BCUT2D eigenvalue weighted by Gasteiger charge is 2.26. The van der Waals surface area contributed by atoms with Gasteiger partial charge in [0.2, 0.25) is 0 Å². The largest absolute Gasteiger partial charge is 0.398 e. The highest BCUT2D eigenvalue weighted by Crippen LogP contribution is 2.39. The predicted octanol–water partition coefficient (Wildman–Crippen LogP) is 4.90. The first kappa shape index (κ1) is 23.9. The van der Waals surface area contributed by atoms with E-state index in [4.69, 9.17) is 11.5 Å². The van der Waals surface area contributed by atoms with Gasteiger partial charge >= 0.3 is 0 Å². The molecule has 0 fully saturated rings. The second kappa shape index (κ2) is 8.80. The molecule has 0 heterocycles. The lowest BCUT2D eigenvalue weighted by Gasteiger charge is -2.28. The standard InChI is InChI=1S/C23H34N2O2S2/c1-21(2,26)13-28-19-11-15(7-9-17(19)24)23(5,6)16-8-10-18(25)20(12-16)29-14-22(3,4)27/h7-12,26-27H,13-14,24-25H2,1-6H3. The van der Waals surface area contributed by atoms with Crippen LogP contribution in [0.15, 0.2) is 46.2 Å². The molecule has 0 radical (unpaired) electrons. The Kier molecular flexibility index (Phi) is 7.26. The van der Waals surface area contributed by atoms with Crippen molar-refractivity contribution in [2.45, 2.75) is 68.0 Å². The monoisotopic (exact) mass is 434 g/mol. The summed E-state index contributed by atoms with van der Waals surface area (Å²) >= 11 is 3.14. The summed E-state index contributed by atoms with van der Waals surface area (Å²) in [6, 6.07) is 12.2. The average molecular weight is 435 g/mol. The minimum absolute atomic E-state index is 0.254. The van der Waals surface area contributed by atoms with Crippen molar-refractivity contribution in [1.29, 1.82) is 0 Å². The summed E-state index contributed by atoms with van der Waals surface area (Å²) in [5, 5.41) is 20.1. The van der Waals surface area contributed by atoms with E-state index in [1.807, 2.05) is 12.1 Å². The molecular weight excluding hydrogens is 400 g/mol. The molecule has 0 saturated carbocycles. The molecule has 0 atom stereocenters. The molecular formula is C23H34N2O2S2. The topological polar surface area (TPSA) is 92.5 Å². The minimum atomic E-state index is -0.758. The van der Waals surface area contributed by atoms with Crippen LogP contribution in [-0.4, -0.2) is 32.9 Å². The number of aliphatic hydroxyl groups is 2. The van der Waals surface area contributed by atoms with Gasteiger partial charge in [-0.1, -0.05) is 26.0 Å². The Morgan fingerprint density at radius 1 is 0.690 bits per heavy atom. The fourth-order valence-electron chi connectivity index (χ4n) is 2.77. The van der Waals surface area contributed by atoms with Crippen molar-refractivity contribution in [3.8, 4) is 0 Å². The molecule has 0 aliphatic heterocycles. The molecule has 0 spiro atoms. The first-order valence-electron chi connectivity index (χ1n) is 9.69. The summed E-state index contributed by atoms with van der Waals surface area (Å²) < 4.78 is 0. The Balaban J connectivity index is 2.34. The normalized spacial score (nSPS) is 13.0. The molecule has 2 aromatic carbocycles. The number of rotatable bonds is 8. The maximum atomic E-state index is 10.0. The maximum Gasteiger partial charge on any atom is 0.0685 e. The van der Waals surface area contributed by atoms with E-state index in [0.717, 1.165) is 32.3 Å². The van der Waals surface area contributed by atoms with Crippen molar-refractivity contribution in [2.24, 2.45) is 0 Å². The molecule has 4 nitrogen and oxygen atoms in total. The third kappa shape index (κ3) is 6.85. The van der Waals surface area contributed by atoms with Gasteiger partial charge in [-0.05, 0) is 63.1 Å². The zero-order valence-electron chi connectivity index (χ0n) is 18.2. The van der Waals surface area contributed by atoms with Crippen LogP contribution >= 0.6 is 23.5 Å². The van der Waals surface area contributed by atoms with E-state index in [9.17, 15) is 10.2 Å². The first-order chi connectivity index (χ1) is 13.2. The summed E-state index contributed by atoms with van der Waals surface area (Å²) in [4.78, 5) is 1.95. The van der Waals surface area contributed by atoms with Gasteiger partial charge in [-0.25, -0.2) is 0 Å². The van der Waals surface area contributed by atoms with Crippen LogP contribution in [0.3, 0.4) is 0 Å². The summed E-state index contributed by atoms with van der Waals surface area (Å²) in [5.74, 6) is 1.14. The number of nitrogens with two attached hydrogens (primary N) is 2. The molecule has 0 amide bonds. The SMILES string of the molecule is CC(C)(O)CSc1cc(C(C)(C)c2ccc(N)c(SCC(C)(C)O)c2)ccc1N. The number of hydrogen-bond donors (Lipinski definition) is 4. The quantitative estimate of drug-likeness (QED) is 0.349. The van der Waals surface area contributed by atoms with Crippen LogP contribution in [0, 0.1) is 0 Å². The number of hydrogen-bond acceptors (Lipinski definition) is 6. The smallest absolute Gasteiger partial charge is 0.0685 e. The van der Waals surface area contributed by atoms with Crippen LogP contribution in [0.1, 0.15) is 52.7 Å². The van der Waals surface area contributed by atoms with Crippen molar-refractivity contribution in [2.75, 3.05) is 23.0 Å². The molecule has 0 aliphatic carbocycles. The summed E-state index contributed by atoms with van der Waals surface area (Å²) in [6.45, 7) is 11.5. The Morgan fingerprint density at radius 3 is 1.34 bits per heavy atom. The third-order valence-electron chi connectivity index (χ3n) is 4.63. The second-order valence-corrected chi connectivity index (χ2v) is 11.4. The zero-order chi connectivity index (χ0) is 22.0. The van der Waals surface area contributed by atoms with Gasteiger partial charge in [-0.2, -0.15) is 0 Å². The molecule has 0 saturated heterocycles. The lowest BCUT2D eigenvalue weighted by atomic mass is 9.78. The molecule has 0 aromatic heterocycles. The highest BCUT2D eigenvalue weighted by atomic mass is 32.2. The van der Waals surface area contributed by atoms with E-state index >= 15 is 0 Å². The van der Waals surface area contributed by atoms with Crippen LogP contribution in [0.25, 0.3) is 0 Å². The van der Waals surface area contributed by atoms with Gasteiger partial charge in [0, 0.05) is 38.1 Å². The maximum absolute atomic E-state index is 10.0. The fraction of sp³-hybridized carbons (Fsp3) is 0.478. The van der Waals surface area contributed by atoms with Crippen LogP contribution in [0.4, 0.5) is 11.4 Å². The van der Waals surface area contributed by atoms with Crippen molar-refractivity contribution in [3.63, 3.8) is 0 Å². The fourth-order valence-corrected chi connectivity index (χ4v) is 4.68. The van der Waals surface area contributed by atoms with Gasteiger partial charge in [-0.15, -0.1) is 23.5 Å². The Morgan fingerprint density at radius 2 is 1.03 bits per heavy atom. The van der Waals surface area contributed by atoms with Crippen LogP contribution < -0.4 is 11.5 Å². The van der Waals surface area contributed by atoms with Gasteiger partial charge in [0.15, 0.2) is 0 Å². The minimum Gasteiger partial charge on any atom is -0.398 e. The van der Waals surface area contributed by atoms with Gasteiger partial charge < -0.3 is 21.7 Å². The van der Waals surface area contributed by atoms with Crippen molar-refractivity contribution >= 4 is 34.9 Å². The molecule has 6 heteroatoms. The molecule has 2 aromatic rings. The average Bonchev–Trinajstić information content (AvgIpc) is 2.58. The van der Waals surface area contributed by atoms with E-state index in [1.54, 1.807) is 51.2 Å². The molecule has 160 valence electrons. The van der Waals surface area contributed by atoms with Gasteiger partial charge in [0.05, 0.1) is 11.2 Å². The predicted molar refractivity (Wildman–Crippen MR) is 128 cm³/mol. The van der Waals surface area contributed by atoms with E-state index < -0.39 is 11.2 Å². The molecule has 0 bridgehead atoms. The zero-order valence-corrected chi connectivity index (χ0v) is 19.9. The van der Waals surface area contributed by atoms with Gasteiger partial charge in [-0.3, -0.25) is 0 Å². The lowest BCUT2D eigenvalue weighted by Crippen LogP contribution is -2.22. The van der Waals surface area contributed by atoms with Crippen LogP contribution in [0.2, 0.25) is 0 Å². The molecule has 6 N–H and O–H groups in total. The number of benzene rings is 2. The Bertz CT molecular complexity index is 783. The van der Waals surface area contributed by atoms with E-state index in [2.05, 4.69) is 38.1 Å². The molecule has 2 rings (SSSR count).